The number of nitro benzene ring substituents is 1. The van der Waals surface area contributed by atoms with Gasteiger partial charge in [-0.3, -0.25) is 10.1 Å². The molecule has 0 saturated heterocycles. The second kappa shape index (κ2) is 5.15. The minimum Gasteiger partial charge on any atom is -0.382 e. The van der Waals surface area contributed by atoms with E-state index in [9.17, 15) is 14.5 Å². The van der Waals surface area contributed by atoms with Gasteiger partial charge in [-0.15, -0.1) is 0 Å². The monoisotopic (exact) mass is 266 g/mol. The molecule has 1 aliphatic carbocycles. The van der Waals surface area contributed by atoms with E-state index in [0.717, 1.165) is 25.3 Å². The van der Waals surface area contributed by atoms with Crippen LogP contribution < -0.4 is 5.32 Å². The number of halogens is 1. The van der Waals surface area contributed by atoms with Crippen LogP contribution in [0, 0.1) is 21.3 Å². The highest BCUT2D eigenvalue weighted by Gasteiger charge is 2.28. The molecule has 1 fully saturated rings. The summed E-state index contributed by atoms with van der Waals surface area (Å²) in [7, 11) is 0. The van der Waals surface area contributed by atoms with Crippen molar-refractivity contribution in [1.29, 1.82) is 0 Å². The number of hydrogen-bond donors (Lipinski definition) is 1. The van der Waals surface area contributed by atoms with Crippen LogP contribution in [0.15, 0.2) is 18.2 Å². The maximum atomic E-state index is 13.3. The minimum absolute atomic E-state index is 0.294. The van der Waals surface area contributed by atoms with Gasteiger partial charge < -0.3 is 5.32 Å². The minimum atomic E-state index is -0.792. The van der Waals surface area contributed by atoms with E-state index in [1.54, 1.807) is 6.07 Å². The molecule has 1 atom stereocenters. The van der Waals surface area contributed by atoms with Gasteiger partial charge in [0, 0.05) is 17.8 Å². The van der Waals surface area contributed by atoms with E-state index in [-0.39, 0.29) is 0 Å². The van der Waals surface area contributed by atoms with E-state index in [4.69, 9.17) is 0 Å². The number of hydrogen-bond acceptors (Lipinski definition) is 3. The molecule has 0 aliphatic heterocycles. The number of rotatable bonds is 3. The maximum absolute atomic E-state index is 13.3. The summed E-state index contributed by atoms with van der Waals surface area (Å²) in [6.07, 6.45) is 4.43. The standard InChI is InChI=1S/C14H19FN2O2/c1-14(2)7-3-4-11(9-14)16-10-5-6-12(15)13(8-10)17(18)19/h5-6,8,11,16H,3-4,7,9H2,1-2H3. The Morgan fingerprint density at radius 2 is 2.21 bits per heavy atom. The van der Waals surface area contributed by atoms with Crippen molar-refractivity contribution in [3.63, 3.8) is 0 Å². The molecule has 0 bridgehead atoms. The highest BCUT2D eigenvalue weighted by molar-refractivity contribution is 5.52. The third-order valence-electron chi connectivity index (χ3n) is 3.72. The quantitative estimate of drug-likeness (QED) is 0.661. The third kappa shape index (κ3) is 3.43. The van der Waals surface area contributed by atoms with Crippen molar-refractivity contribution in [2.75, 3.05) is 5.32 Å². The average molecular weight is 266 g/mol. The van der Waals surface area contributed by atoms with Crippen molar-refractivity contribution in [3.05, 3.63) is 34.1 Å². The zero-order valence-corrected chi connectivity index (χ0v) is 11.3. The van der Waals surface area contributed by atoms with Gasteiger partial charge in [-0.25, -0.2) is 0 Å². The fraction of sp³-hybridized carbons (Fsp3) is 0.571. The Kier molecular flexibility index (Phi) is 3.73. The summed E-state index contributed by atoms with van der Waals surface area (Å²) in [5.74, 6) is -0.792. The van der Waals surface area contributed by atoms with Crippen LogP contribution in [0.2, 0.25) is 0 Å². The molecular formula is C14H19FN2O2. The fourth-order valence-electron chi connectivity index (χ4n) is 2.80. The molecule has 5 heteroatoms. The van der Waals surface area contributed by atoms with Gasteiger partial charge in [0.1, 0.15) is 0 Å². The van der Waals surface area contributed by atoms with Gasteiger partial charge >= 0.3 is 5.69 Å². The largest absolute Gasteiger partial charge is 0.382 e. The summed E-state index contributed by atoms with van der Waals surface area (Å²) in [5.41, 5.74) is 0.442. The van der Waals surface area contributed by atoms with E-state index in [0.29, 0.717) is 17.1 Å². The molecule has 0 amide bonds. The number of anilines is 1. The van der Waals surface area contributed by atoms with Crippen molar-refractivity contribution in [3.8, 4) is 0 Å². The predicted molar refractivity (Wildman–Crippen MR) is 72.7 cm³/mol. The van der Waals surface area contributed by atoms with Crippen LogP contribution in [0.3, 0.4) is 0 Å². The first-order valence-corrected chi connectivity index (χ1v) is 6.58. The lowest BCUT2D eigenvalue weighted by Gasteiger charge is -2.36. The number of nitrogens with zero attached hydrogens (tertiary/aromatic N) is 1. The smallest absolute Gasteiger partial charge is 0.306 e. The number of nitrogens with one attached hydrogen (secondary N) is 1. The first-order chi connectivity index (χ1) is 8.87. The Morgan fingerprint density at radius 1 is 1.47 bits per heavy atom. The van der Waals surface area contributed by atoms with Gasteiger partial charge in [-0.05, 0) is 36.8 Å². The molecular weight excluding hydrogens is 247 g/mol. The van der Waals surface area contributed by atoms with Crippen LogP contribution >= 0.6 is 0 Å². The molecule has 1 unspecified atom stereocenters. The second-order valence-electron chi connectivity index (χ2n) is 6.03. The van der Waals surface area contributed by atoms with Crippen LogP contribution in [0.25, 0.3) is 0 Å². The fourth-order valence-corrected chi connectivity index (χ4v) is 2.80. The molecule has 0 spiro atoms. The molecule has 1 aromatic rings. The van der Waals surface area contributed by atoms with Crippen LogP contribution in [0.4, 0.5) is 15.8 Å². The van der Waals surface area contributed by atoms with Crippen LogP contribution in [0.1, 0.15) is 39.5 Å². The Balaban J connectivity index is 2.11. The number of benzene rings is 1. The van der Waals surface area contributed by atoms with Crippen molar-refractivity contribution in [2.45, 2.75) is 45.6 Å². The molecule has 0 heterocycles. The summed E-state index contributed by atoms with van der Waals surface area (Å²) in [4.78, 5) is 10.0. The van der Waals surface area contributed by atoms with E-state index < -0.39 is 16.4 Å². The Labute approximate surface area is 112 Å². The third-order valence-corrected chi connectivity index (χ3v) is 3.72. The lowest BCUT2D eigenvalue weighted by molar-refractivity contribution is -0.387. The molecule has 104 valence electrons. The molecule has 1 aliphatic rings. The molecule has 1 N–H and O–H groups in total. The van der Waals surface area contributed by atoms with E-state index in [2.05, 4.69) is 19.2 Å². The van der Waals surface area contributed by atoms with Crippen molar-refractivity contribution < 1.29 is 9.31 Å². The Hall–Kier alpha value is -1.65. The normalized spacial score (nSPS) is 21.9. The van der Waals surface area contributed by atoms with Gasteiger partial charge in [0.2, 0.25) is 5.82 Å². The van der Waals surface area contributed by atoms with Gasteiger partial charge in [0.05, 0.1) is 4.92 Å². The maximum Gasteiger partial charge on any atom is 0.306 e. The molecule has 0 radical (unpaired) electrons. The van der Waals surface area contributed by atoms with Crippen molar-refractivity contribution in [1.82, 2.24) is 0 Å². The van der Waals surface area contributed by atoms with Gasteiger partial charge in [-0.1, -0.05) is 20.3 Å². The van der Waals surface area contributed by atoms with Crippen LogP contribution in [0.5, 0.6) is 0 Å². The molecule has 0 aromatic heterocycles. The second-order valence-corrected chi connectivity index (χ2v) is 6.03. The van der Waals surface area contributed by atoms with E-state index in [1.807, 2.05) is 0 Å². The summed E-state index contributed by atoms with van der Waals surface area (Å²) in [5, 5.41) is 14.0. The molecule has 1 saturated carbocycles. The summed E-state index contributed by atoms with van der Waals surface area (Å²) >= 11 is 0. The molecule has 2 rings (SSSR count). The van der Waals surface area contributed by atoms with E-state index >= 15 is 0 Å². The Morgan fingerprint density at radius 3 is 2.84 bits per heavy atom. The first-order valence-electron chi connectivity index (χ1n) is 6.58. The van der Waals surface area contributed by atoms with Crippen molar-refractivity contribution >= 4 is 11.4 Å². The predicted octanol–water partition coefficient (Wildman–Crippen LogP) is 4.11. The zero-order valence-electron chi connectivity index (χ0n) is 11.3. The van der Waals surface area contributed by atoms with Gasteiger partial charge in [0.25, 0.3) is 0 Å². The molecule has 19 heavy (non-hydrogen) atoms. The SMILES string of the molecule is CC1(C)CCCC(Nc2ccc(F)c([N+](=O)[O-])c2)C1. The topological polar surface area (TPSA) is 55.2 Å². The Bertz CT molecular complexity index is 488. The zero-order chi connectivity index (χ0) is 14.0. The van der Waals surface area contributed by atoms with Gasteiger partial charge in [-0.2, -0.15) is 4.39 Å². The van der Waals surface area contributed by atoms with Crippen molar-refractivity contribution in [2.24, 2.45) is 5.41 Å². The van der Waals surface area contributed by atoms with Gasteiger partial charge in [0.15, 0.2) is 0 Å². The summed E-state index contributed by atoms with van der Waals surface area (Å²) in [6, 6.07) is 4.28. The lowest BCUT2D eigenvalue weighted by Crippen LogP contribution is -2.31. The highest BCUT2D eigenvalue weighted by atomic mass is 19.1. The van der Waals surface area contributed by atoms with Crippen LogP contribution in [-0.2, 0) is 0 Å². The van der Waals surface area contributed by atoms with Crippen LogP contribution in [-0.4, -0.2) is 11.0 Å². The van der Waals surface area contributed by atoms with E-state index in [1.165, 1.54) is 12.5 Å². The number of nitro groups is 1. The first kappa shape index (κ1) is 13.8. The summed E-state index contributed by atoms with van der Waals surface area (Å²) in [6.45, 7) is 4.46. The average Bonchev–Trinajstić information content (AvgIpc) is 2.30. The highest BCUT2D eigenvalue weighted by Crippen LogP contribution is 2.36. The molecule has 1 aromatic carbocycles. The lowest BCUT2D eigenvalue weighted by atomic mass is 9.75. The summed E-state index contributed by atoms with van der Waals surface area (Å²) < 4.78 is 13.3. The molecule has 4 nitrogen and oxygen atoms in total.